The van der Waals surface area contributed by atoms with Gasteiger partial charge in [0.25, 0.3) is 0 Å². The second kappa shape index (κ2) is 1.78. The molecule has 0 aromatic heterocycles. The summed E-state index contributed by atoms with van der Waals surface area (Å²) in [6, 6.07) is 0. The third-order valence-electron chi connectivity index (χ3n) is 3.56. The van der Waals surface area contributed by atoms with Gasteiger partial charge in [0, 0.05) is 0 Å². The third-order valence-corrected chi connectivity index (χ3v) is 3.56. The summed E-state index contributed by atoms with van der Waals surface area (Å²) < 4.78 is 0. The molecule has 2 radical (unpaired) electrons. The molecular formula is C10H16. The van der Waals surface area contributed by atoms with E-state index in [0.717, 1.165) is 0 Å². The first-order valence-electron chi connectivity index (χ1n) is 4.33. The zero-order chi connectivity index (χ0) is 7.24. The highest BCUT2D eigenvalue weighted by Gasteiger charge is 2.43. The summed E-state index contributed by atoms with van der Waals surface area (Å²) in [7, 11) is 0. The van der Waals surface area contributed by atoms with Crippen molar-refractivity contribution in [1.29, 1.82) is 0 Å². The van der Waals surface area contributed by atoms with Crippen molar-refractivity contribution in [3.63, 3.8) is 0 Å². The number of hydrogen-bond acceptors (Lipinski definition) is 0. The van der Waals surface area contributed by atoms with Crippen molar-refractivity contribution in [3.8, 4) is 0 Å². The van der Waals surface area contributed by atoms with Gasteiger partial charge in [-0.15, -0.1) is 0 Å². The second-order valence-corrected chi connectivity index (χ2v) is 4.50. The van der Waals surface area contributed by atoms with E-state index in [2.05, 4.69) is 13.8 Å². The Hall–Kier alpha value is 0. The number of hydrogen-bond donors (Lipinski definition) is 0. The Bertz CT molecular complexity index is 104. The molecule has 0 heteroatoms. The molecule has 0 spiro atoms. The molecule has 3 rings (SSSR count). The van der Waals surface area contributed by atoms with Gasteiger partial charge in [0.05, 0.1) is 0 Å². The fraction of sp³-hybridized carbons (Fsp3) is 0.800. The second-order valence-electron chi connectivity index (χ2n) is 4.50. The third kappa shape index (κ3) is 0.889. The molecule has 3 saturated carbocycles. The molecule has 2 bridgehead atoms. The van der Waals surface area contributed by atoms with Crippen LogP contribution in [0.1, 0.15) is 38.5 Å². The van der Waals surface area contributed by atoms with Crippen LogP contribution in [0.25, 0.3) is 0 Å². The maximum atomic E-state index is 4.29. The van der Waals surface area contributed by atoms with Crippen molar-refractivity contribution in [2.75, 3.05) is 0 Å². The van der Waals surface area contributed by atoms with Crippen molar-refractivity contribution in [2.24, 2.45) is 10.8 Å². The van der Waals surface area contributed by atoms with E-state index in [1.54, 1.807) is 0 Å². The van der Waals surface area contributed by atoms with E-state index < -0.39 is 0 Å². The van der Waals surface area contributed by atoms with Crippen molar-refractivity contribution in [1.82, 2.24) is 0 Å². The fourth-order valence-electron chi connectivity index (χ4n) is 2.34. The van der Waals surface area contributed by atoms with E-state index in [-0.39, 0.29) is 0 Å². The first-order chi connectivity index (χ1) is 4.62. The van der Waals surface area contributed by atoms with Crippen LogP contribution < -0.4 is 0 Å². The van der Waals surface area contributed by atoms with Crippen molar-refractivity contribution >= 4 is 0 Å². The van der Waals surface area contributed by atoms with Gasteiger partial charge in [-0.1, -0.05) is 0 Å². The normalized spacial score (nSPS) is 53.4. The van der Waals surface area contributed by atoms with Gasteiger partial charge in [0.15, 0.2) is 0 Å². The molecule has 0 saturated heterocycles. The fourth-order valence-corrected chi connectivity index (χ4v) is 2.34. The van der Waals surface area contributed by atoms with E-state index in [1.807, 2.05) is 0 Å². The summed E-state index contributed by atoms with van der Waals surface area (Å²) in [4.78, 5) is 0. The van der Waals surface area contributed by atoms with Crippen LogP contribution in [-0.4, -0.2) is 0 Å². The molecule has 0 aromatic carbocycles. The Labute approximate surface area is 64.0 Å². The lowest BCUT2D eigenvalue weighted by atomic mass is 9.55. The van der Waals surface area contributed by atoms with Gasteiger partial charge in [0.1, 0.15) is 0 Å². The zero-order valence-electron chi connectivity index (χ0n) is 6.66. The van der Waals surface area contributed by atoms with Crippen LogP contribution in [0.15, 0.2) is 0 Å². The van der Waals surface area contributed by atoms with Gasteiger partial charge in [0.2, 0.25) is 0 Å². The van der Waals surface area contributed by atoms with Crippen LogP contribution >= 0.6 is 0 Å². The molecule has 3 aliphatic carbocycles. The minimum absolute atomic E-state index is 0.472. The summed E-state index contributed by atoms with van der Waals surface area (Å²) in [5.41, 5.74) is 0.943. The zero-order valence-corrected chi connectivity index (χ0v) is 6.66. The van der Waals surface area contributed by atoms with Gasteiger partial charge >= 0.3 is 0 Å². The van der Waals surface area contributed by atoms with Crippen LogP contribution in [0.4, 0.5) is 0 Å². The van der Waals surface area contributed by atoms with E-state index in [9.17, 15) is 0 Å². The summed E-state index contributed by atoms with van der Waals surface area (Å²) in [5.74, 6) is 0. The Balaban J connectivity index is 2.16. The van der Waals surface area contributed by atoms with E-state index in [1.165, 1.54) is 38.5 Å². The van der Waals surface area contributed by atoms with Crippen molar-refractivity contribution in [2.45, 2.75) is 38.5 Å². The summed E-state index contributed by atoms with van der Waals surface area (Å²) in [6.45, 7) is 8.58. The van der Waals surface area contributed by atoms with Crippen LogP contribution in [0, 0.1) is 24.7 Å². The molecule has 0 unspecified atom stereocenters. The maximum absolute atomic E-state index is 4.29. The molecule has 3 aliphatic rings. The van der Waals surface area contributed by atoms with Crippen molar-refractivity contribution < 1.29 is 0 Å². The lowest BCUT2D eigenvalue weighted by Crippen LogP contribution is -2.38. The quantitative estimate of drug-likeness (QED) is 0.480. The van der Waals surface area contributed by atoms with Gasteiger partial charge in [-0.25, -0.2) is 0 Å². The molecule has 0 N–H and O–H groups in total. The molecule has 0 atom stereocenters. The standard InChI is InChI=1S/C10H16/c1-9-3-6-10(2,7-4-9)8-5-9/h1-8H2. The Morgan fingerprint density at radius 1 is 0.600 bits per heavy atom. The van der Waals surface area contributed by atoms with Crippen LogP contribution in [0.3, 0.4) is 0 Å². The Morgan fingerprint density at radius 2 is 0.800 bits per heavy atom. The van der Waals surface area contributed by atoms with Crippen LogP contribution in [0.2, 0.25) is 0 Å². The van der Waals surface area contributed by atoms with Crippen LogP contribution in [-0.2, 0) is 0 Å². The molecule has 0 heterocycles. The molecule has 0 aliphatic heterocycles. The SMILES string of the molecule is [CH2]C12CCC([CH2])(CC1)CC2. The average Bonchev–Trinajstić information content (AvgIpc) is 1.93. The average molecular weight is 136 g/mol. The Kier molecular flexibility index (Phi) is 1.19. The van der Waals surface area contributed by atoms with Crippen molar-refractivity contribution in [3.05, 3.63) is 13.8 Å². The molecule has 0 nitrogen and oxygen atoms in total. The highest BCUT2D eigenvalue weighted by atomic mass is 14.5. The highest BCUT2D eigenvalue weighted by Crippen LogP contribution is 2.55. The molecule has 10 heavy (non-hydrogen) atoms. The van der Waals surface area contributed by atoms with E-state index in [0.29, 0.717) is 10.8 Å². The predicted molar refractivity (Wildman–Crippen MR) is 43.3 cm³/mol. The smallest absolute Gasteiger partial charge is 0.0297 e. The number of fused-ring (bicyclic) bond motifs is 3. The van der Waals surface area contributed by atoms with Gasteiger partial charge in [-0.2, -0.15) is 0 Å². The minimum atomic E-state index is 0.472. The van der Waals surface area contributed by atoms with Gasteiger partial charge in [-0.05, 0) is 63.2 Å². The first kappa shape index (κ1) is 6.69. The van der Waals surface area contributed by atoms with E-state index >= 15 is 0 Å². The molecule has 0 aromatic rings. The van der Waals surface area contributed by atoms with Gasteiger partial charge in [-0.3, -0.25) is 0 Å². The van der Waals surface area contributed by atoms with Gasteiger partial charge < -0.3 is 0 Å². The largest absolute Gasteiger partial charge is 0.0471 e. The molecular weight excluding hydrogens is 120 g/mol. The topological polar surface area (TPSA) is 0 Å². The van der Waals surface area contributed by atoms with Crippen LogP contribution in [0.5, 0.6) is 0 Å². The molecule has 56 valence electrons. The Morgan fingerprint density at radius 3 is 1.00 bits per heavy atom. The summed E-state index contributed by atoms with van der Waals surface area (Å²) >= 11 is 0. The molecule has 3 fully saturated rings. The number of rotatable bonds is 0. The maximum Gasteiger partial charge on any atom is -0.0297 e. The first-order valence-corrected chi connectivity index (χ1v) is 4.33. The summed E-state index contributed by atoms with van der Waals surface area (Å²) in [6.07, 6.45) is 7.98. The molecule has 0 amide bonds. The predicted octanol–water partition coefficient (Wildman–Crippen LogP) is 3.00. The highest BCUT2D eigenvalue weighted by molar-refractivity contribution is 5.01. The monoisotopic (exact) mass is 136 g/mol. The minimum Gasteiger partial charge on any atom is -0.0471 e. The summed E-state index contributed by atoms with van der Waals surface area (Å²) in [5, 5.41) is 0. The lowest BCUT2D eigenvalue weighted by Gasteiger charge is -2.50. The van der Waals surface area contributed by atoms with E-state index in [4.69, 9.17) is 0 Å². The lowest BCUT2D eigenvalue weighted by molar-refractivity contribution is 0.0535.